The number of aryl methyl sites for hydroxylation is 2. The highest BCUT2D eigenvalue weighted by Crippen LogP contribution is 2.13. The van der Waals surface area contributed by atoms with E-state index in [1.54, 1.807) is 0 Å². The summed E-state index contributed by atoms with van der Waals surface area (Å²) in [7, 11) is 0. The van der Waals surface area contributed by atoms with E-state index in [1.807, 2.05) is 0 Å². The minimum absolute atomic E-state index is 0.246. The quantitative estimate of drug-likeness (QED) is 0.806. The largest absolute Gasteiger partial charge is 0.328 e. The first-order chi connectivity index (χ1) is 7.08. The fourth-order valence-electron chi connectivity index (χ4n) is 1.64. The standard InChI is InChI=1S/C12H23N3/c1-5-11-8-12(15(6-2)14-11)7-9(3)10(4)13/h8-10H,5-7,13H2,1-4H3. The first-order valence-electron chi connectivity index (χ1n) is 5.89. The van der Waals surface area contributed by atoms with Crippen LogP contribution in [0.5, 0.6) is 0 Å². The van der Waals surface area contributed by atoms with E-state index in [4.69, 9.17) is 5.73 Å². The van der Waals surface area contributed by atoms with E-state index in [9.17, 15) is 0 Å². The van der Waals surface area contributed by atoms with Crippen LogP contribution in [0.25, 0.3) is 0 Å². The summed E-state index contributed by atoms with van der Waals surface area (Å²) in [6, 6.07) is 2.46. The van der Waals surface area contributed by atoms with Crippen molar-refractivity contribution in [3.8, 4) is 0 Å². The predicted molar refractivity (Wildman–Crippen MR) is 63.8 cm³/mol. The number of nitrogens with zero attached hydrogens (tertiary/aromatic N) is 2. The molecule has 0 saturated carbocycles. The third-order valence-corrected chi connectivity index (χ3v) is 3.00. The molecule has 1 heterocycles. The van der Waals surface area contributed by atoms with Crippen LogP contribution in [0.3, 0.4) is 0 Å². The zero-order valence-corrected chi connectivity index (χ0v) is 10.3. The second-order valence-corrected chi connectivity index (χ2v) is 4.34. The van der Waals surface area contributed by atoms with E-state index in [0.29, 0.717) is 5.92 Å². The highest BCUT2D eigenvalue weighted by Gasteiger charge is 2.12. The van der Waals surface area contributed by atoms with Crippen molar-refractivity contribution in [1.82, 2.24) is 9.78 Å². The minimum Gasteiger partial charge on any atom is -0.328 e. The SMILES string of the molecule is CCc1cc(CC(C)C(C)N)n(CC)n1. The Kier molecular flexibility index (Phi) is 4.33. The third-order valence-electron chi connectivity index (χ3n) is 3.00. The number of aromatic nitrogens is 2. The van der Waals surface area contributed by atoms with Gasteiger partial charge in [-0.3, -0.25) is 4.68 Å². The highest BCUT2D eigenvalue weighted by atomic mass is 15.3. The van der Waals surface area contributed by atoms with E-state index in [2.05, 4.69) is 43.5 Å². The van der Waals surface area contributed by atoms with Crippen LogP contribution in [0.1, 0.15) is 39.1 Å². The molecule has 3 heteroatoms. The number of hydrogen-bond donors (Lipinski definition) is 1. The van der Waals surface area contributed by atoms with Crippen molar-refractivity contribution in [3.63, 3.8) is 0 Å². The van der Waals surface area contributed by atoms with Gasteiger partial charge in [0.1, 0.15) is 0 Å². The van der Waals surface area contributed by atoms with Gasteiger partial charge in [0, 0.05) is 18.3 Å². The minimum atomic E-state index is 0.246. The van der Waals surface area contributed by atoms with Crippen molar-refractivity contribution >= 4 is 0 Å². The zero-order chi connectivity index (χ0) is 11.4. The third kappa shape index (κ3) is 3.06. The molecule has 0 aliphatic heterocycles. The topological polar surface area (TPSA) is 43.8 Å². The molecular weight excluding hydrogens is 186 g/mol. The lowest BCUT2D eigenvalue weighted by Crippen LogP contribution is -2.26. The Morgan fingerprint density at radius 1 is 1.40 bits per heavy atom. The van der Waals surface area contributed by atoms with E-state index in [0.717, 1.165) is 19.4 Å². The predicted octanol–water partition coefficient (Wildman–Crippen LogP) is 1.99. The highest BCUT2D eigenvalue weighted by molar-refractivity contribution is 5.11. The normalized spacial score (nSPS) is 15.3. The molecule has 3 nitrogen and oxygen atoms in total. The Balaban J connectivity index is 2.78. The van der Waals surface area contributed by atoms with E-state index >= 15 is 0 Å². The van der Waals surface area contributed by atoms with Crippen LogP contribution in [0, 0.1) is 5.92 Å². The van der Waals surface area contributed by atoms with Gasteiger partial charge >= 0.3 is 0 Å². The molecule has 0 radical (unpaired) electrons. The molecule has 2 atom stereocenters. The van der Waals surface area contributed by atoms with Gasteiger partial charge in [0.25, 0.3) is 0 Å². The van der Waals surface area contributed by atoms with Gasteiger partial charge in [-0.15, -0.1) is 0 Å². The summed E-state index contributed by atoms with van der Waals surface area (Å²) in [4.78, 5) is 0. The molecule has 0 aromatic carbocycles. The smallest absolute Gasteiger partial charge is 0.0624 e. The summed E-state index contributed by atoms with van der Waals surface area (Å²) in [6.07, 6.45) is 2.03. The Morgan fingerprint density at radius 3 is 2.53 bits per heavy atom. The first-order valence-corrected chi connectivity index (χ1v) is 5.89. The Hall–Kier alpha value is -0.830. The van der Waals surface area contributed by atoms with E-state index in [-0.39, 0.29) is 6.04 Å². The number of hydrogen-bond acceptors (Lipinski definition) is 2. The van der Waals surface area contributed by atoms with Gasteiger partial charge in [-0.1, -0.05) is 13.8 Å². The summed E-state index contributed by atoms with van der Waals surface area (Å²) >= 11 is 0. The Bertz CT molecular complexity index is 302. The maximum Gasteiger partial charge on any atom is 0.0624 e. The average Bonchev–Trinajstić information content (AvgIpc) is 2.60. The Morgan fingerprint density at radius 2 is 2.07 bits per heavy atom. The van der Waals surface area contributed by atoms with Crippen LogP contribution in [-0.2, 0) is 19.4 Å². The van der Waals surface area contributed by atoms with Crippen molar-refractivity contribution < 1.29 is 0 Å². The van der Waals surface area contributed by atoms with Gasteiger partial charge in [-0.25, -0.2) is 0 Å². The van der Waals surface area contributed by atoms with Crippen LogP contribution >= 0.6 is 0 Å². The molecule has 2 unspecified atom stereocenters. The van der Waals surface area contributed by atoms with E-state index < -0.39 is 0 Å². The monoisotopic (exact) mass is 209 g/mol. The van der Waals surface area contributed by atoms with Gasteiger partial charge < -0.3 is 5.73 Å². The molecule has 2 N–H and O–H groups in total. The molecule has 1 aromatic heterocycles. The Labute approximate surface area is 92.7 Å². The second-order valence-electron chi connectivity index (χ2n) is 4.34. The molecule has 0 amide bonds. The van der Waals surface area contributed by atoms with Gasteiger partial charge in [-0.05, 0) is 38.7 Å². The molecule has 1 rings (SSSR count). The fourth-order valence-corrected chi connectivity index (χ4v) is 1.64. The molecule has 1 aromatic rings. The van der Waals surface area contributed by atoms with Crippen LogP contribution in [0.4, 0.5) is 0 Å². The zero-order valence-electron chi connectivity index (χ0n) is 10.3. The molecule has 15 heavy (non-hydrogen) atoms. The lowest BCUT2D eigenvalue weighted by Gasteiger charge is -2.15. The second kappa shape index (κ2) is 5.31. The summed E-state index contributed by atoms with van der Waals surface area (Å²) < 4.78 is 2.09. The van der Waals surface area contributed by atoms with Crippen LogP contribution < -0.4 is 5.73 Å². The van der Waals surface area contributed by atoms with Crippen LogP contribution in [0.15, 0.2) is 6.07 Å². The molecule has 0 saturated heterocycles. The van der Waals surface area contributed by atoms with E-state index in [1.165, 1.54) is 11.4 Å². The maximum atomic E-state index is 5.88. The van der Waals surface area contributed by atoms with Gasteiger partial charge in [0.2, 0.25) is 0 Å². The molecule has 0 bridgehead atoms. The summed E-state index contributed by atoms with van der Waals surface area (Å²) in [6.45, 7) is 9.48. The molecule has 0 aliphatic rings. The van der Waals surface area contributed by atoms with Gasteiger partial charge in [-0.2, -0.15) is 5.10 Å². The van der Waals surface area contributed by atoms with Crippen LogP contribution in [0.2, 0.25) is 0 Å². The van der Waals surface area contributed by atoms with Gasteiger partial charge in [0.15, 0.2) is 0 Å². The number of nitrogens with two attached hydrogens (primary N) is 1. The first kappa shape index (κ1) is 12.2. The summed E-state index contributed by atoms with van der Waals surface area (Å²) in [5, 5.41) is 4.54. The maximum absolute atomic E-state index is 5.88. The van der Waals surface area contributed by atoms with Gasteiger partial charge in [0.05, 0.1) is 5.69 Å². The van der Waals surface area contributed by atoms with Crippen molar-refractivity contribution in [3.05, 3.63) is 17.5 Å². The van der Waals surface area contributed by atoms with Crippen molar-refractivity contribution in [2.45, 2.75) is 53.1 Å². The van der Waals surface area contributed by atoms with Crippen molar-refractivity contribution in [2.75, 3.05) is 0 Å². The fraction of sp³-hybridized carbons (Fsp3) is 0.750. The molecule has 0 aliphatic carbocycles. The molecule has 0 fully saturated rings. The van der Waals surface area contributed by atoms with Crippen LogP contribution in [-0.4, -0.2) is 15.8 Å². The van der Waals surface area contributed by atoms with Crippen molar-refractivity contribution in [2.24, 2.45) is 11.7 Å². The molecular formula is C12H23N3. The molecule has 0 spiro atoms. The van der Waals surface area contributed by atoms with Crippen molar-refractivity contribution in [1.29, 1.82) is 0 Å². The average molecular weight is 209 g/mol. The summed E-state index contributed by atoms with van der Waals surface area (Å²) in [5.74, 6) is 0.511. The summed E-state index contributed by atoms with van der Waals surface area (Å²) in [5.41, 5.74) is 8.39. The lowest BCUT2D eigenvalue weighted by atomic mass is 9.98. The lowest BCUT2D eigenvalue weighted by molar-refractivity contribution is 0.460. The number of rotatable bonds is 5. The molecule has 86 valence electrons.